The van der Waals surface area contributed by atoms with Crippen molar-refractivity contribution in [2.75, 3.05) is 23.9 Å². The van der Waals surface area contributed by atoms with E-state index in [2.05, 4.69) is 5.32 Å². The topological polar surface area (TPSA) is 81.5 Å². The molecular formula is C12H16N2O4S. The molecule has 1 aromatic carbocycles. The van der Waals surface area contributed by atoms with Gasteiger partial charge >= 0.3 is 5.69 Å². The van der Waals surface area contributed by atoms with E-state index in [-0.39, 0.29) is 17.5 Å². The lowest BCUT2D eigenvalue weighted by atomic mass is 10.1. The van der Waals surface area contributed by atoms with Crippen LogP contribution in [0.15, 0.2) is 18.2 Å². The molecule has 104 valence electrons. The molecule has 1 aromatic rings. The summed E-state index contributed by atoms with van der Waals surface area (Å²) in [5.74, 6) is 1.63. The predicted octanol–water partition coefficient (Wildman–Crippen LogP) is 1.93. The lowest BCUT2D eigenvalue weighted by Crippen LogP contribution is -2.29. The number of hydrogen-bond acceptors (Lipinski definition) is 5. The van der Waals surface area contributed by atoms with Gasteiger partial charge in [-0.2, -0.15) is 0 Å². The van der Waals surface area contributed by atoms with E-state index >= 15 is 0 Å². The Bertz CT molecular complexity index is 497. The minimum Gasteiger partial charge on any atom is -0.490 e. The number of rotatable bonds is 4. The fourth-order valence-corrected chi connectivity index (χ4v) is 3.40. The van der Waals surface area contributed by atoms with Gasteiger partial charge in [0.15, 0.2) is 5.75 Å². The van der Waals surface area contributed by atoms with Crippen LogP contribution in [0.25, 0.3) is 0 Å². The van der Waals surface area contributed by atoms with Gasteiger partial charge in [0.25, 0.3) is 0 Å². The van der Waals surface area contributed by atoms with Crippen molar-refractivity contribution in [1.29, 1.82) is 0 Å². The number of nitrogens with one attached hydrogen (secondary N) is 1. The molecule has 19 heavy (non-hydrogen) atoms. The average Bonchev–Trinajstić information content (AvgIpc) is 2.41. The van der Waals surface area contributed by atoms with Crippen molar-refractivity contribution >= 4 is 22.2 Å². The summed E-state index contributed by atoms with van der Waals surface area (Å²) in [7, 11) is 0.705. The van der Waals surface area contributed by atoms with Gasteiger partial charge in [0.1, 0.15) is 0 Å². The molecule has 1 fully saturated rings. The van der Waals surface area contributed by atoms with Gasteiger partial charge in [-0.1, -0.05) is 0 Å². The van der Waals surface area contributed by atoms with Gasteiger partial charge in [-0.05, 0) is 25.0 Å². The number of benzene rings is 1. The number of nitro groups is 1. The molecule has 1 saturated heterocycles. The third-order valence-corrected chi connectivity index (χ3v) is 4.52. The van der Waals surface area contributed by atoms with Crippen molar-refractivity contribution in [3.63, 3.8) is 0 Å². The van der Waals surface area contributed by atoms with E-state index in [1.165, 1.54) is 13.2 Å². The van der Waals surface area contributed by atoms with Crippen molar-refractivity contribution in [1.82, 2.24) is 0 Å². The first kappa shape index (κ1) is 13.8. The summed E-state index contributed by atoms with van der Waals surface area (Å²) in [5, 5.41) is 14.2. The van der Waals surface area contributed by atoms with Crippen LogP contribution in [0, 0.1) is 10.1 Å². The van der Waals surface area contributed by atoms with E-state index in [0.29, 0.717) is 17.2 Å². The van der Waals surface area contributed by atoms with Crippen molar-refractivity contribution in [2.45, 2.75) is 18.9 Å². The number of methoxy groups -OCH3 is 1. The van der Waals surface area contributed by atoms with Crippen molar-refractivity contribution < 1.29 is 13.9 Å². The van der Waals surface area contributed by atoms with E-state index in [4.69, 9.17) is 4.74 Å². The standard InChI is InChI=1S/C12H16N2O4S/c1-18-12-3-2-10(8-11(12)14(15)16)13-9-4-6-19(17)7-5-9/h2-3,8-9,13H,4-7H2,1H3. The van der Waals surface area contributed by atoms with E-state index in [1.807, 2.05) is 0 Å². The number of nitrogens with zero attached hydrogens (tertiary/aromatic N) is 1. The first-order valence-electron chi connectivity index (χ1n) is 6.04. The molecule has 0 aromatic heterocycles. The first-order chi connectivity index (χ1) is 9.10. The maximum atomic E-state index is 11.3. The molecule has 0 aliphatic carbocycles. The zero-order valence-corrected chi connectivity index (χ0v) is 11.4. The SMILES string of the molecule is COc1ccc(NC2CCS(=O)CC2)cc1[N+](=O)[O-]. The van der Waals surface area contributed by atoms with Crippen molar-refractivity contribution in [3.8, 4) is 5.75 Å². The molecule has 0 atom stereocenters. The highest BCUT2D eigenvalue weighted by molar-refractivity contribution is 7.85. The van der Waals surface area contributed by atoms with Gasteiger partial charge in [0.2, 0.25) is 0 Å². The number of hydrogen-bond donors (Lipinski definition) is 1. The molecule has 0 spiro atoms. The molecule has 0 saturated carbocycles. The quantitative estimate of drug-likeness (QED) is 0.675. The lowest BCUT2D eigenvalue weighted by molar-refractivity contribution is -0.385. The van der Waals surface area contributed by atoms with Crippen LogP contribution in [0.1, 0.15) is 12.8 Å². The molecule has 0 radical (unpaired) electrons. The second kappa shape index (κ2) is 6.01. The van der Waals surface area contributed by atoms with Crippen LogP contribution in [-0.4, -0.2) is 33.8 Å². The Morgan fingerprint density at radius 3 is 2.68 bits per heavy atom. The molecule has 1 aliphatic heterocycles. The molecule has 7 heteroatoms. The normalized spacial score (nSPS) is 22.8. The molecule has 1 aliphatic rings. The van der Waals surface area contributed by atoms with E-state index in [1.54, 1.807) is 12.1 Å². The summed E-state index contributed by atoms with van der Waals surface area (Å²) in [6, 6.07) is 5.05. The smallest absolute Gasteiger partial charge is 0.312 e. The van der Waals surface area contributed by atoms with Gasteiger partial charge < -0.3 is 10.1 Å². The number of nitro benzene ring substituents is 1. The maximum absolute atomic E-state index is 11.3. The van der Waals surface area contributed by atoms with Crippen molar-refractivity contribution in [2.24, 2.45) is 0 Å². The lowest BCUT2D eigenvalue weighted by Gasteiger charge is -2.23. The van der Waals surface area contributed by atoms with Gasteiger partial charge in [-0.15, -0.1) is 0 Å². The third-order valence-electron chi connectivity index (χ3n) is 3.13. The summed E-state index contributed by atoms with van der Waals surface area (Å²) >= 11 is 0. The Hall–Kier alpha value is -1.63. The van der Waals surface area contributed by atoms with Gasteiger partial charge in [0, 0.05) is 40.1 Å². The Balaban J connectivity index is 2.10. The largest absolute Gasteiger partial charge is 0.490 e. The minimum absolute atomic E-state index is 0.0492. The number of anilines is 1. The molecule has 0 bridgehead atoms. The highest BCUT2D eigenvalue weighted by Gasteiger charge is 2.20. The summed E-state index contributed by atoms with van der Waals surface area (Å²) in [6.45, 7) is 0. The van der Waals surface area contributed by atoms with Gasteiger partial charge in [0.05, 0.1) is 12.0 Å². The highest BCUT2D eigenvalue weighted by atomic mass is 32.2. The maximum Gasteiger partial charge on any atom is 0.312 e. The van der Waals surface area contributed by atoms with E-state index in [9.17, 15) is 14.3 Å². The minimum atomic E-state index is -0.704. The fourth-order valence-electron chi connectivity index (χ4n) is 2.10. The fraction of sp³-hybridized carbons (Fsp3) is 0.500. The molecule has 0 unspecified atom stereocenters. The second-order valence-corrected chi connectivity index (χ2v) is 6.11. The van der Waals surface area contributed by atoms with E-state index < -0.39 is 15.7 Å². The first-order valence-corrected chi connectivity index (χ1v) is 7.53. The van der Waals surface area contributed by atoms with Gasteiger partial charge in [-0.25, -0.2) is 0 Å². The zero-order chi connectivity index (χ0) is 13.8. The van der Waals surface area contributed by atoms with Crippen LogP contribution >= 0.6 is 0 Å². The molecule has 2 rings (SSSR count). The molecule has 0 amide bonds. The molecule has 1 heterocycles. The zero-order valence-electron chi connectivity index (χ0n) is 10.6. The summed E-state index contributed by atoms with van der Waals surface area (Å²) < 4.78 is 16.2. The Morgan fingerprint density at radius 2 is 2.11 bits per heavy atom. The van der Waals surface area contributed by atoms with Crippen LogP contribution in [-0.2, 0) is 10.8 Å². The predicted molar refractivity (Wildman–Crippen MR) is 74.2 cm³/mol. The van der Waals surface area contributed by atoms with Crippen LogP contribution in [0.5, 0.6) is 5.75 Å². The molecule has 1 N–H and O–H groups in total. The Labute approximate surface area is 113 Å². The third kappa shape index (κ3) is 3.44. The van der Waals surface area contributed by atoms with Gasteiger partial charge in [-0.3, -0.25) is 14.3 Å². The Kier molecular flexibility index (Phi) is 4.36. The summed E-state index contributed by atoms with van der Waals surface area (Å²) in [4.78, 5) is 10.5. The molecular weight excluding hydrogens is 268 g/mol. The summed E-state index contributed by atoms with van der Waals surface area (Å²) in [5.41, 5.74) is 0.650. The molecule has 6 nitrogen and oxygen atoms in total. The van der Waals surface area contributed by atoms with Crippen LogP contribution in [0.3, 0.4) is 0 Å². The van der Waals surface area contributed by atoms with Crippen LogP contribution in [0.2, 0.25) is 0 Å². The highest BCUT2D eigenvalue weighted by Crippen LogP contribution is 2.30. The second-order valence-electron chi connectivity index (χ2n) is 4.41. The van der Waals surface area contributed by atoms with Crippen LogP contribution < -0.4 is 10.1 Å². The van der Waals surface area contributed by atoms with E-state index in [0.717, 1.165) is 12.8 Å². The van der Waals surface area contributed by atoms with Crippen molar-refractivity contribution in [3.05, 3.63) is 28.3 Å². The summed E-state index contributed by atoms with van der Waals surface area (Å²) in [6.07, 6.45) is 1.65. The monoisotopic (exact) mass is 284 g/mol. The average molecular weight is 284 g/mol. The Morgan fingerprint density at radius 1 is 1.42 bits per heavy atom. The number of ether oxygens (including phenoxy) is 1. The van der Waals surface area contributed by atoms with Crippen LogP contribution in [0.4, 0.5) is 11.4 Å².